The SMILES string of the molecule is CC(=O)Nc1ccc(CN2CCC(c3nnc(-c4cccnc4)o3)C2)cc1. The summed E-state index contributed by atoms with van der Waals surface area (Å²) in [5.41, 5.74) is 2.87. The van der Waals surface area contributed by atoms with E-state index in [0.29, 0.717) is 11.8 Å². The summed E-state index contributed by atoms with van der Waals surface area (Å²) in [6.45, 7) is 4.25. The molecule has 2 aromatic heterocycles. The second-order valence-electron chi connectivity index (χ2n) is 6.79. The van der Waals surface area contributed by atoms with E-state index in [1.807, 2.05) is 36.4 Å². The molecule has 1 amide bonds. The van der Waals surface area contributed by atoms with Gasteiger partial charge >= 0.3 is 0 Å². The summed E-state index contributed by atoms with van der Waals surface area (Å²) in [5.74, 6) is 1.40. The third kappa shape index (κ3) is 4.20. The number of hydrogen-bond donors (Lipinski definition) is 1. The van der Waals surface area contributed by atoms with Crippen LogP contribution in [0.1, 0.15) is 30.7 Å². The summed E-state index contributed by atoms with van der Waals surface area (Å²) < 4.78 is 5.88. The van der Waals surface area contributed by atoms with Gasteiger partial charge in [0.05, 0.1) is 11.5 Å². The Kier molecular flexibility index (Phi) is 4.93. The first-order valence-corrected chi connectivity index (χ1v) is 9.00. The first-order chi connectivity index (χ1) is 13.2. The normalized spacial score (nSPS) is 17.1. The monoisotopic (exact) mass is 363 g/mol. The van der Waals surface area contributed by atoms with Gasteiger partial charge in [-0.1, -0.05) is 12.1 Å². The number of benzene rings is 1. The highest BCUT2D eigenvalue weighted by Crippen LogP contribution is 2.29. The third-order valence-corrected chi connectivity index (χ3v) is 4.65. The lowest BCUT2D eigenvalue weighted by molar-refractivity contribution is -0.114. The Morgan fingerprint density at radius 2 is 2.11 bits per heavy atom. The fourth-order valence-corrected chi connectivity index (χ4v) is 3.34. The lowest BCUT2D eigenvalue weighted by Gasteiger charge is -2.15. The van der Waals surface area contributed by atoms with E-state index in [0.717, 1.165) is 37.3 Å². The predicted octanol–water partition coefficient (Wildman–Crippen LogP) is 3.08. The Morgan fingerprint density at radius 3 is 2.85 bits per heavy atom. The predicted molar refractivity (Wildman–Crippen MR) is 101 cm³/mol. The van der Waals surface area contributed by atoms with Gasteiger partial charge < -0.3 is 9.73 Å². The van der Waals surface area contributed by atoms with Crippen LogP contribution in [0.2, 0.25) is 0 Å². The van der Waals surface area contributed by atoms with Crippen molar-refractivity contribution in [2.24, 2.45) is 0 Å². The van der Waals surface area contributed by atoms with Crippen molar-refractivity contribution in [3.8, 4) is 11.5 Å². The molecule has 138 valence electrons. The van der Waals surface area contributed by atoms with Gasteiger partial charge in [-0.2, -0.15) is 0 Å². The number of amides is 1. The molecule has 3 heterocycles. The van der Waals surface area contributed by atoms with Gasteiger partial charge in [-0.25, -0.2) is 0 Å². The Bertz CT molecular complexity index is 908. The quantitative estimate of drug-likeness (QED) is 0.750. The van der Waals surface area contributed by atoms with E-state index in [2.05, 4.69) is 25.4 Å². The Balaban J connectivity index is 1.36. The minimum Gasteiger partial charge on any atom is -0.420 e. The maximum atomic E-state index is 11.1. The summed E-state index contributed by atoms with van der Waals surface area (Å²) in [7, 11) is 0. The number of carbonyl (C=O) groups is 1. The minimum absolute atomic E-state index is 0.0599. The number of nitrogens with one attached hydrogen (secondary N) is 1. The van der Waals surface area contributed by atoms with E-state index in [4.69, 9.17) is 4.42 Å². The number of anilines is 1. The standard InChI is InChI=1S/C20H21N5O2/c1-14(26)22-18-6-4-15(5-7-18)12-25-10-8-17(13-25)20-24-23-19(27-20)16-3-2-9-21-11-16/h2-7,9,11,17H,8,10,12-13H2,1H3,(H,22,26). The van der Waals surface area contributed by atoms with Crippen LogP contribution in [0, 0.1) is 0 Å². The number of hydrogen-bond acceptors (Lipinski definition) is 6. The molecule has 1 aliphatic heterocycles. The summed E-state index contributed by atoms with van der Waals surface area (Å²) in [5, 5.41) is 11.2. The van der Waals surface area contributed by atoms with Crippen LogP contribution in [0.25, 0.3) is 11.5 Å². The lowest BCUT2D eigenvalue weighted by atomic mass is 10.1. The molecular formula is C20H21N5O2. The molecule has 1 fully saturated rings. The number of pyridine rings is 1. The smallest absolute Gasteiger partial charge is 0.249 e. The van der Waals surface area contributed by atoms with E-state index < -0.39 is 0 Å². The van der Waals surface area contributed by atoms with Crippen molar-refractivity contribution in [2.45, 2.75) is 25.8 Å². The summed E-state index contributed by atoms with van der Waals surface area (Å²) in [6.07, 6.45) is 4.44. The van der Waals surface area contributed by atoms with Crippen LogP contribution in [-0.4, -0.2) is 39.1 Å². The zero-order valence-corrected chi connectivity index (χ0v) is 15.1. The minimum atomic E-state index is -0.0599. The van der Waals surface area contributed by atoms with E-state index in [9.17, 15) is 4.79 Å². The fourth-order valence-electron chi connectivity index (χ4n) is 3.34. The van der Waals surface area contributed by atoms with Gasteiger partial charge in [0.15, 0.2) is 0 Å². The van der Waals surface area contributed by atoms with Crippen LogP contribution < -0.4 is 5.32 Å². The molecule has 4 rings (SSSR count). The molecule has 0 radical (unpaired) electrons. The molecule has 1 saturated heterocycles. The lowest BCUT2D eigenvalue weighted by Crippen LogP contribution is -2.19. The first-order valence-electron chi connectivity index (χ1n) is 9.00. The molecule has 7 nitrogen and oxygen atoms in total. The van der Waals surface area contributed by atoms with Gasteiger partial charge in [0.2, 0.25) is 17.7 Å². The van der Waals surface area contributed by atoms with E-state index in [1.54, 1.807) is 12.4 Å². The largest absolute Gasteiger partial charge is 0.420 e. The van der Waals surface area contributed by atoms with Crippen LogP contribution in [0.5, 0.6) is 0 Å². The van der Waals surface area contributed by atoms with E-state index in [-0.39, 0.29) is 11.8 Å². The second kappa shape index (κ2) is 7.67. The maximum absolute atomic E-state index is 11.1. The zero-order valence-electron chi connectivity index (χ0n) is 15.1. The van der Waals surface area contributed by atoms with Gasteiger partial charge in [-0.05, 0) is 42.8 Å². The molecule has 1 aliphatic rings. The van der Waals surface area contributed by atoms with Crippen LogP contribution in [0.15, 0.2) is 53.2 Å². The van der Waals surface area contributed by atoms with Crippen LogP contribution in [0.3, 0.4) is 0 Å². The van der Waals surface area contributed by atoms with Crippen molar-refractivity contribution in [1.29, 1.82) is 0 Å². The number of carbonyl (C=O) groups excluding carboxylic acids is 1. The third-order valence-electron chi connectivity index (χ3n) is 4.65. The van der Waals surface area contributed by atoms with Crippen LogP contribution >= 0.6 is 0 Å². The van der Waals surface area contributed by atoms with Crippen molar-refractivity contribution in [3.63, 3.8) is 0 Å². The Morgan fingerprint density at radius 1 is 1.26 bits per heavy atom. The Hall–Kier alpha value is -3.06. The van der Waals surface area contributed by atoms with Crippen molar-refractivity contribution >= 4 is 11.6 Å². The van der Waals surface area contributed by atoms with Gasteiger partial charge in [0.25, 0.3) is 0 Å². The molecule has 0 spiro atoms. The zero-order chi connectivity index (χ0) is 18.6. The summed E-state index contributed by atoms with van der Waals surface area (Å²) in [4.78, 5) is 17.6. The van der Waals surface area contributed by atoms with Crippen molar-refractivity contribution in [2.75, 3.05) is 18.4 Å². The molecule has 3 aromatic rings. The molecule has 27 heavy (non-hydrogen) atoms. The molecule has 0 saturated carbocycles. The first kappa shape index (κ1) is 17.4. The molecule has 7 heteroatoms. The van der Waals surface area contributed by atoms with Crippen molar-refractivity contribution in [1.82, 2.24) is 20.1 Å². The maximum Gasteiger partial charge on any atom is 0.249 e. The van der Waals surface area contributed by atoms with Gasteiger partial charge in [0, 0.05) is 38.1 Å². The second-order valence-corrected chi connectivity index (χ2v) is 6.79. The van der Waals surface area contributed by atoms with Gasteiger partial charge in [-0.3, -0.25) is 14.7 Å². The van der Waals surface area contributed by atoms with E-state index in [1.165, 1.54) is 12.5 Å². The topological polar surface area (TPSA) is 84.2 Å². The average Bonchev–Trinajstić information content (AvgIpc) is 3.33. The summed E-state index contributed by atoms with van der Waals surface area (Å²) in [6, 6.07) is 11.7. The number of aromatic nitrogens is 3. The van der Waals surface area contributed by atoms with Crippen LogP contribution in [-0.2, 0) is 11.3 Å². The van der Waals surface area contributed by atoms with E-state index >= 15 is 0 Å². The Labute approximate surface area is 157 Å². The molecule has 1 atom stereocenters. The highest BCUT2D eigenvalue weighted by atomic mass is 16.4. The number of rotatable bonds is 5. The highest BCUT2D eigenvalue weighted by molar-refractivity contribution is 5.88. The number of nitrogens with zero attached hydrogens (tertiary/aromatic N) is 4. The van der Waals surface area contributed by atoms with Crippen molar-refractivity contribution in [3.05, 3.63) is 60.2 Å². The molecule has 1 unspecified atom stereocenters. The molecule has 1 aromatic carbocycles. The van der Waals surface area contributed by atoms with Crippen molar-refractivity contribution < 1.29 is 9.21 Å². The molecular weight excluding hydrogens is 342 g/mol. The molecule has 0 bridgehead atoms. The van der Waals surface area contributed by atoms with Gasteiger partial charge in [0.1, 0.15) is 0 Å². The fraction of sp³-hybridized carbons (Fsp3) is 0.300. The molecule has 1 N–H and O–H groups in total. The molecule has 0 aliphatic carbocycles. The highest BCUT2D eigenvalue weighted by Gasteiger charge is 2.28. The average molecular weight is 363 g/mol. The van der Waals surface area contributed by atoms with Gasteiger partial charge in [-0.15, -0.1) is 10.2 Å². The number of likely N-dealkylation sites (tertiary alicyclic amines) is 1. The summed E-state index contributed by atoms with van der Waals surface area (Å²) >= 11 is 0. The van der Waals surface area contributed by atoms with Crippen LogP contribution in [0.4, 0.5) is 5.69 Å².